The van der Waals surface area contributed by atoms with Crippen LogP contribution in [0.15, 0.2) is 46.0 Å². The first-order valence-corrected chi connectivity index (χ1v) is 9.82. The Morgan fingerprint density at radius 3 is 2.73 bits per heavy atom. The summed E-state index contributed by atoms with van der Waals surface area (Å²) in [6.45, 7) is 2.27. The van der Waals surface area contributed by atoms with Gasteiger partial charge in [0.25, 0.3) is 0 Å². The number of thiophene rings is 1. The molecule has 22 heavy (non-hydrogen) atoms. The minimum absolute atomic E-state index is 0.324. The summed E-state index contributed by atoms with van der Waals surface area (Å²) in [5.74, 6) is 0.324. The molecule has 0 bridgehead atoms. The molecule has 1 aliphatic rings. The average molecular weight is 357 g/mol. The molecular weight excluding hydrogens is 340 g/mol. The van der Waals surface area contributed by atoms with E-state index < -0.39 is 10.0 Å². The first kappa shape index (κ1) is 15.8. The van der Waals surface area contributed by atoms with E-state index in [0.29, 0.717) is 16.7 Å². The van der Waals surface area contributed by atoms with Crippen LogP contribution in [-0.4, -0.2) is 28.1 Å². The van der Waals surface area contributed by atoms with E-state index in [1.54, 1.807) is 17.5 Å². The van der Waals surface area contributed by atoms with Crippen molar-refractivity contribution in [2.45, 2.75) is 10.6 Å². The second-order valence-corrected chi connectivity index (χ2v) is 8.74. The first-order valence-electron chi connectivity index (χ1n) is 7.08. The van der Waals surface area contributed by atoms with Crippen LogP contribution < -0.4 is 9.62 Å². The third kappa shape index (κ3) is 3.63. The molecule has 0 saturated carbocycles. The van der Waals surface area contributed by atoms with Crippen LogP contribution in [0.25, 0.3) is 0 Å². The van der Waals surface area contributed by atoms with Crippen LogP contribution in [0.3, 0.4) is 0 Å². The van der Waals surface area contributed by atoms with Gasteiger partial charge in [-0.2, -0.15) is 0 Å². The predicted molar refractivity (Wildman–Crippen MR) is 91.3 cm³/mol. The molecule has 1 unspecified atom stereocenters. The van der Waals surface area contributed by atoms with Gasteiger partial charge >= 0.3 is 0 Å². The Morgan fingerprint density at radius 2 is 2.05 bits per heavy atom. The lowest BCUT2D eigenvalue weighted by atomic mass is 10.1. The predicted octanol–water partition coefficient (Wildman–Crippen LogP) is 3.21. The molecule has 0 spiro atoms. The van der Waals surface area contributed by atoms with Crippen LogP contribution in [0.2, 0.25) is 5.02 Å². The van der Waals surface area contributed by atoms with Gasteiger partial charge in [-0.3, -0.25) is 0 Å². The smallest absolute Gasteiger partial charge is 0.250 e. The highest BCUT2D eigenvalue weighted by Crippen LogP contribution is 2.25. The summed E-state index contributed by atoms with van der Waals surface area (Å²) >= 11 is 7.14. The minimum atomic E-state index is -3.36. The number of rotatable bonds is 5. The van der Waals surface area contributed by atoms with Crippen LogP contribution in [-0.2, 0) is 10.0 Å². The Balaban J connectivity index is 1.56. The van der Waals surface area contributed by atoms with Crippen LogP contribution in [0, 0.1) is 5.92 Å². The maximum Gasteiger partial charge on any atom is 0.250 e. The lowest BCUT2D eigenvalue weighted by Crippen LogP contribution is -2.30. The molecule has 1 N–H and O–H groups in total. The first-order chi connectivity index (χ1) is 10.5. The molecule has 0 amide bonds. The molecule has 2 heterocycles. The summed E-state index contributed by atoms with van der Waals surface area (Å²) < 4.78 is 27.3. The van der Waals surface area contributed by atoms with E-state index in [2.05, 4.69) is 9.62 Å². The van der Waals surface area contributed by atoms with Gasteiger partial charge in [0, 0.05) is 30.3 Å². The molecule has 1 fully saturated rings. The summed E-state index contributed by atoms with van der Waals surface area (Å²) in [6.07, 6.45) is 0.982. The summed E-state index contributed by atoms with van der Waals surface area (Å²) in [7, 11) is -3.36. The zero-order valence-electron chi connectivity index (χ0n) is 11.9. The lowest BCUT2D eigenvalue weighted by Gasteiger charge is -2.18. The number of benzene rings is 1. The van der Waals surface area contributed by atoms with Crippen LogP contribution in [0.1, 0.15) is 6.42 Å². The Bertz CT molecular complexity index is 715. The van der Waals surface area contributed by atoms with Gasteiger partial charge in [-0.25, -0.2) is 13.1 Å². The van der Waals surface area contributed by atoms with E-state index in [4.69, 9.17) is 11.6 Å². The van der Waals surface area contributed by atoms with Gasteiger partial charge in [-0.15, -0.1) is 11.3 Å². The number of anilines is 1. The topological polar surface area (TPSA) is 49.4 Å². The van der Waals surface area contributed by atoms with Crippen molar-refractivity contribution >= 4 is 38.6 Å². The van der Waals surface area contributed by atoms with Gasteiger partial charge in [-0.05, 0) is 48.1 Å². The summed E-state index contributed by atoms with van der Waals surface area (Å²) in [5.41, 5.74) is 1.13. The molecule has 118 valence electrons. The quantitative estimate of drug-likeness (QED) is 0.895. The Labute approximate surface area is 139 Å². The second-order valence-electron chi connectivity index (χ2n) is 5.36. The van der Waals surface area contributed by atoms with E-state index in [0.717, 1.165) is 30.2 Å². The van der Waals surface area contributed by atoms with Crippen LogP contribution in [0.5, 0.6) is 0 Å². The Kier molecular flexibility index (Phi) is 4.73. The maximum absolute atomic E-state index is 12.1. The number of hydrogen-bond donors (Lipinski definition) is 1. The molecule has 1 aromatic carbocycles. The summed E-state index contributed by atoms with van der Waals surface area (Å²) in [5, 5.41) is 2.50. The molecule has 2 aromatic rings. The van der Waals surface area contributed by atoms with E-state index >= 15 is 0 Å². The third-order valence-electron chi connectivity index (χ3n) is 3.80. The zero-order chi connectivity index (χ0) is 15.6. The molecule has 1 atom stereocenters. The fourth-order valence-electron chi connectivity index (χ4n) is 2.60. The number of halogens is 1. The molecule has 7 heteroatoms. The standard InChI is InChI=1S/C15H17ClN2O2S2/c16-13-3-5-14(6-4-13)18-8-7-12(11-18)10-17-22(19,20)15-2-1-9-21-15/h1-6,9,12,17H,7-8,10-11H2. The van der Waals surface area contributed by atoms with Gasteiger partial charge in [0.1, 0.15) is 4.21 Å². The van der Waals surface area contributed by atoms with Crippen molar-refractivity contribution in [1.29, 1.82) is 0 Å². The molecule has 3 rings (SSSR count). The molecule has 0 aliphatic carbocycles. The Morgan fingerprint density at radius 1 is 1.27 bits per heavy atom. The fourth-order valence-corrected chi connectivity index (χ4v) is 4.88. The van der Waals surface area contributed by atoms with Crippen molar-refractivity contribution in [2.24, 2.45) is 5.92 Å². The highest BCUT2D eigenvalue weighted by atomic mass is 35.5. The highest BCUT2D eigenvalue weighted by Gasteiger charge is 2.25. The van der Waals surface area contributed by atoms with Crippen molar-refractivity contribution in [3.05, 3.63) is 46.8 Å². The molecule has 1 aromatic heterocycles. The zero-order valence-corrected chi connectivity index (χ0v) is 14.3. The number of hydrogen-bond acceptors (Lipinski definition) is 4. The van der Waals surface area contributed by atoms with E-state index in [9.17, 15) is 8.42 Å². The highest BCUT2D eigenvalue weighted by molar-refractivity contribution is 7.91. The van der Waals surface area contributed by atoms with Gasteiger partial charge in [0.05, 0.1) is 0 Å². The van der Waals surface area contributed by atoms with Gasteiger partial charge in [0.2, 0.25) is 10.0 Å². The molecule has 0 radical (unpaired) electrons. The normalized spacial score (nSPS) is 18.8. The van der Waals surface area contributed by atoms with Crippen molar-refractivity contribution in [1.82, 2.24) is 4.72 Å². The lowest BCUT2D eigenvalue weighted by molar-refractivity contribution is 0.543. The molecule has 1 aliphatic heterocycles. The number of nitrogens with zero attached hydrogens (tertiary/aromatic N) is 1. The van der Waals surface area contributed by atoms with Gasteiger partial charge in [-0.1, -0.05) is 17.7 Å². The van der Waals surface area contributed by atoms with E-state index in [-0.39, 0.29) is 0 Å². The Hall–Kier alpha value is -1.08. The minimum Gasteiger partial charge on any atom is -0.371 e. The van der Waals surface area contributed by atoms with Crippen LogP contribution in [0.4, 0.5) is 5.69 Å². The SMILES string of the molecule is O=S(=O)(NCC1CCN(c2ccc(Cl)cc2)C1)c1cccs1. The molecule has 1 saturated heterocycles. The van der Waals surface area contributed by atoms with E-state index in [1.165, 1.54) is 11.3 Å². The summed E-state index contributed by atoms with van der Waals surface area (Å²) in [6, 6.07) is 11.1. The molecule has 4 nitrogen and oxygen atoms in total. The second kappa shape index (κ2) is 6.58. The van der Waals surface area contributed by atoms with Crippen molar-refractivity contribution < 1.29 is 8.42 Å². The number of sulfonamides is 1. The number of nitrogens with one attached hydrogen (secondary N) is 1. The van der Waals surface area contributed by atoms with Crippen molar-refractivity contribution in [2.75, 3.05) is 24.5 Å². The molecular formula is C15H17ClN2O2S2. The van der Waals surface area contributed by atoms with E-state index in [1.807, 2.05) is 24.3 Å². The maximum atomic E-state index is 12.1. The average Bonchev–Trinajstić information content (AvgIpc) is 3.18. The van der Waals surface area contributed by atoms with Crippen molar-refractivity contribution in [3.63, 3.8) is 0 Å². The van der Waals surface area contributed by atoms with Gasteiger partial charge < -0.3 is 4.90 Å². The third-order valence-corrected chi connectivity index (χ3v) is 6.87. The van der Waals surface area contributed by atoms with Crippen molar-refractivity contribution in [3.8, 4) is 0 Å². The summed E-state index contributed by atoms with van der Waals surface area (Å²) in [4.78, 5) is 2.26. The fraction of sp³-hybridized carbons (Fsp3) is 0.333. The van der Waals surface area contributed by atoms with Gasteiger partial charge in [0.15, 0.2) is 0 Å². The monoisotopic (exact) mass is 356 g/mol. The van der Waals surface area contributed by atoms with Crippen LogP contribution >= 0.6 is 22.9 Å². The largest absolute Gasteiger partial charge is 0.371 e.